The van der Waals surface area contributed by atoms with Crippen molar-refractivity contribution in [2.24, 2.45) is 0 Å². The molecular weight excluding hydrogens is 532 g/mol. The second-order valence-corrected chi connectivity index (χ2v) is 10.7. The first kappa shape index (κ1) is 27.2. The SMILES string of the molecule is COc1ccc(SCCCOc2ccccc2CN(Sc2ccc(Cl)cc2)c2cc(F)ccc2F)cc1. The van der Waals surface area contributed by atoms with E-state index in [1.165, 1.54) is 22.9 Å². The molecule has 192 valence electrons. The molecule has 0 radical (unpaired) electrons. The summed E-state index contributed by atoms with van der Waals surface area (Å²) in [6.45, 7) is 0.850. The van der Waals surface area contributed by atoms with Gasteiger partial charge in [0.15, 0.2) is 0 Å². The van der Waals surface area contributed by atoms with Crippen LogP contribution in [0.1, 0.15) is 12.0 Å². The third-order valence-corrected chi connectivity index (χ3v) is 7.75. The van der Waals surface area contributed by atoms with Crippen LogP contribution in [0.2, 0.25) is 5.02 Å². The van der Waals surface area contributed by atoms with Gasteiger partial charge in [-0.15, -0.1) is 11.8 Å². The van der Waals surface area contributed by atoms with Crippen LogP contribution >= 0.6 is 35.3 Å². The third-order valence-electron chi connectivity index (χ3n) is 5.37. The Hall–Kier alpha value is -2.87. The normalized spacial score (nSPS) is 10.8. The molecule has 0 aliphatic carbocycles. The maximum atomic E-state index is 14.8. The van der Waals surface area contributed by atoms with E-state index in [4.69, 9.17) is 21.1 Å². The van der Waals surface area contributed by atoms with Gasteiger partial charge in [0.2, 0.25) is 0 Å². The highest BCUT2D eigenvalue weighted by molar-refractivity contribution is 8.00. The van der Waals surface area contributed by atoms with E-state index < -0.39 is 11.6 Å². The second-order valence-electron chi connectivity index (χ2n) is 8.01. The Morgan fingerprint density at radius 3 is 2.35 bits per heavy atom. The Labute approximate surface area is 229 Å². The van der Waals surface area contributed by atoms with Crippen molar-refractivity contribution in [2.45, 2.75) is 22.8 Å². The molecule has 0 unspecified atom stereocenters. The van der Waals surface area contributed by atoms with Crippen LogP contribution in [-0.4, -0.2) is 19.5 Å². The Morgan fingerprint density at radius 1 is 0.865 bits per heavy atom. The molecule has 4 aromatic rings. The maximum absolute atomic E-state index is 14.8. The van der Waals surface area contributed by atoms with Crippen molar-refractivity contribution in [2.75, 3.05) is 23.8 Å². The molecule has 0 saturated carbocycles. The molecular formula is C29H26ClF2NO2S2. The number of ether oxygens (including phenoxy) is 2. The topological polar surface area (TPSA) is 21.7 Å². The number of rotatable bonds is 12. The Bertz CT molecular complexity index is 1290. The average molecular weight is 558 g/mol. The van der Waals surface area contributed by atoms with Crippen LogP contribution in [0.15, 0.2) is 101 Å². The first-order chi connectivity index (χ1) is 18.0. The molecule has 0 aliphatic heterocycles. The van der Waals surface area contributed by atoms with Crippen LogP contribution in [0.25, 0.3) is 0 Å². The zero-order valence-corrected chi connectivity index (χ0v) is 22.6. The summed E-state index contributed by atoms with van der Waals surface area (Å²) >= 11 is 9.09. The van der Waals surface area contributed by atoms with Gasteiger partial charge in [-0.3, -0.25) is 0 Å². The summed E-state index contributed by atoms with van der Waals surface area (Å²) in [7, 11) is 1.65. The molecule has 0 aromatic heterocycles. The average Bonchev–Trinajstić information content (AvgIpc) is 2.92. The standard InChI is InChI=1S/C29H26ClF2NO2S2/c1-34-24-10-14-25(15-11-24)36-18-4-17-35-29-6-3-2-5-21(29)20-33(28-19-23(31)9-16-27(28)32)37-26-12-7-22(30)8-13-26/h2-3,5-16,19H,4,17-18,20H2,1H3. The van der Waals surface area contributed by atoms with Crippen molar-refractivity contribution in [3.8, 4) is 11.5 Å². The summed E-state index contributed by atoms with van der Waals surface area (Å²) in [5.41, 5.74) is 1.03. The van der Waals surface area contributed by atoms with E-state index in [1.807, 2.05) is 60.7 Å². The molecule has 37 heavy (non-hydrogen) atoms. The molecule has 0 aliphatic rings. The summed E-state index contributed by atoms with van der Waals surface area (Å²) in [6.07, 6.45) is 0.854. The van der Waals surface area contributed by atoms with Gasteiger partial charge in [0, 0.05) is 32.2 Å². The zero-order valence-electron chi connectivity index (χ0n) is 20.2. The van der Waals surface area contributed by atoms with Gasteiger partial charge in [0.05, 0.1) is 25.9 Å². The van der Waals surface area contributed by atoms with Crippen molar-refractivity contribution >= 4 is 41.0 Å². The van der Waals surface area contributed by atoms with Gasteiger partial charge in [-0.25, -0.2) is 8.78 Å². The molecule has 8 heteroatoms. The molecule has 0 amide bonds. The van der Waals surface area contributed by atoms with Crippen molar-refractivity contribution in [3.05, 3.63) is 113 Å². The number of methoxy groups -OCH3 is 1. The van der Waals surface area contributed by atoms with Gasteiger partial charge in [0.1, 0.15) is 23.1 Å². The lowest BCUT2D eigenvalue weighted by atomic mass is 10.2. The fourth-order valence-electron chi connectivity index (χ4n) is 3.50. The van der Waals surface area contributed by atoms with Gasteiger partial charge in [-0.1, -0.05) is 29.8 Å². The Kier molecular flexibility index (Phi) is 9.99. The van der Waals surface area contributed by atoms with E-state index in [2.05, 4.69) is 0 Å². The first-order valence-electron chi connectivity index (χ1n) is 11.7. The molecule has 3 nitrogen and oxygen atoms in total. The molecule has 0 bridgehead atoms. The van der Waals surface area contributed by atoms with Gasteiger partial charge < -0.3 is 13.8 Å². The van der Waals surface area contributed by atoms with Crippen LogP contribution in [0.5, 0.6) is 11.5 Å². The van der Waals surface area contributed by atoms with Crippen LogP contribution in [0.3, 0.4) is 0 Å². The van der Waals surface area contributed by atoms with Crippen LogP contribution < -0.4 is 13.8 Å². The number of hydrogen-bond donors (Lipinski definition) is 0. The van der Waals surface area contributed by atoms with Crippen molar-refractivity contribution in [3.63, 3.8) is 0 Å². The minimum absolute atomic E-state index is 0.158. The van der Waals surface area contributed by atoms with Crippen molar-refractivity contribution < 1.29 is 18.3 Å². The summed E-state index contributed by atoms with van der Waals surface area (Å²) in [5, 5.41) is 0.608. The van der Waals surface area contributed by atoms with Crippen LogP contribution in [-0.2, 0) is 6.54 Å². The molecule has 4 aromatic carbocycles. The summed E-state index contributed by atoms with van der Waals surface area (Å²) in [6, 6.07) is 26.3. The number of halogens is 3. The number of para-hydroxylation sites is 1. The lowest BCUT2D eigenvalue weighted by Crippen LogP contribution is -2.16. The predicted molar refractivity (Wildman–Crippen MR) is 150 cm³/mol. The minimum atomic E-state index is -0.503. The molecule has 0 atom stereocenters. The molecule has 0 saturated heterocycles. The van der Waals surface area contributed by atoms with Crippen molar-refractivity contribution in [1.29, 1.82) is 0 Å². The van der Waals surface area contributed by atoms with E-state index in [0.29, 0.717) is 18.2 Å². The molecule has 4 rings (SSSR count). The largest absolute Gasteiger partial charge is 0.497 e. The van der Waals surface area contributed by atoms with E-state index in [1.54, 1.807) is 35.3 Å². The van der Waals surface area contributed by atoms with Crippen LogP contribution in [0.4, 0.5) is 14.5 Å². The number of nitrogens with zero attached hydrogens (tertiary/aromatic N) is 1. The number of thioether (sulfide) groups is 1. The Balaban J connectivity index is 1.42. The second kappa shape index (κ2) is 13.6. The Morgan fingerprint density at radius 2 is 1.59 bits per heavy atom. The van der Waals surface area contributed by atoms with Gasteiger partial charge in [0.25, 0.3) is 0 Å². The lowest BCUT2D eigenvalue weighted by molar-refractivity contribution is 0.315. The predicted octanol–water partition coefficient (Wildman–Crippen LogP) is 8.90. The maximum Gasteiger partial charge on any atom is 0.147 e. The molecule has 0 N–H and O–H groups in total. The quantitative estimate of drug-likeness (QED) is 0.0982. The summed E-state index contributed by atoms with van der Waals surface area (Å²) in [4.78, 5) is 2.02. The highest BCUT2D eigenvalue weighted by atomic mass is 35.5. The van der Waals surface area contributed by atoms with E-state index in [-0.39, 0.29) is 5.69 Å². The number of hydrogen-bond acceptors (Lipinski definition) is 5. The molecule has 0 heterocycles. The van der Waals surface area contributed by atoms with E-state index in [0.717, 1.165) is 46.3 Å². The fraction of sp³-hybridized carbons (Fsp3) is 0.172. The highest BCUT2D eigenvalue weighted by Gasteiger charge is 2.17. The number of benzene rings is 4. The summed E-state index contributed by atoms with van der Waals surface area (Å²) < 4.78 is 41.9. The summed E-state index contributed by atoms with van der Waals surface area (Å²) in [5.74, 6) is 1.46. The zero-order chi connectivity index (χ0) is 26.0. The number of anilines is 1. The first-order valence-corrected chi connectivity index (χ1v) is 13.8. The molecule has 0 fully saturated rings. The van der Waals surface area contributed by atoms with Crippen molar-refractivity contribution in [1.82, 2.24) is 0 Å². The third kappa shape index (κ3) is 8.06. The van der Waals surface area contributed by atoms with Gasteiger partial charge in [-0.2, -0.15) is 0 Å². The van der Waals surface area contributed by atoms with E-state index in [9.17, 15) is 8.78 Å². The fourth-order valence-corrected chi connectivity index (χ4v) is 5.41. The van der Waals surface area contributed by atoms with Gasteiger partial charge >= 0.3 is 0 Å². The van der Waals surface area contributed by atoms with Gasteiger partial charge in [-0.05, 0) is 85.1 Å². The monoisotopic (exact) mass is 557 g/mol. The highest BCUT2D eigenvalue weighted by Crippen LogP contribution is 2.35. The molecule has 0 spiro atoms. The lowest BCUT2D eigenvalue weighted by Gasteiger charge is -2.25. The van der Waals surface area contributed by atoms with E-state index >= 15 is 0 Å². The van der Waals surface area contributed by atoms with Crippen LogP contribution in [0, 0.1) is 11.6 Å². The minimum Gasteiger partial charge on any atom is -0.497 e. The smallest absolute Gasteiger partial charge is 0.147 e.